The molecular weight excluding hydrogens is 254 g/mol. The molecule has 0 saturated carbocycles. The summed E-state index contributed by atoms with van der Waals surface area (Å²) in [6.07, 6.45) is 0.419. The molecule has 0 bridgehead atoms. The minimum Gasteiger partial charge on any atom is -0.326 e. The van der Waals surface area contributed by atoms with E-state index < -0.39 is 5.54 Å². The molecule has 1 aromatic rings. The predicted octanol–water partition coefficient (Wildman–Crippen LogP) is 2.28. The number of hydrogen-bond donors (Lipinski definition) is 3. The fraction of sp³-hybridized carbons (Fsp3) is 0.467. The van der Waals surface area contributed by atoms with Gasteiger partial charge in [-0.3, -0.25) is 9.59 Å². The summed E-state index contributed by atoms with van der Waals surface area (Å²) in [5.41, 5.74) is 1.61. The molecular formula is C15H23N3O2. The lowest BCUT2D eigenvalue weighted by atomic mass is 10.0. The van der Waals surface area contributed by atoms with Crippen LogP contribution in [0.25, 0.3) is 0 Å². The topological polar surface area (TPSA) is 70.2 Å². The molecule has 3 N–H and O–H groups in total. The van der Waals surface area contributed by atoms with Crippen LogP contribution in [0.1, 0.15) is 32.8 Å². The first kappa shape index (κ1) is 16.2. The molecule has 20 heavy (non-hydrogen) atoms. The second-order valence-electron chi connectivity index (χ2n) is 5.21. The average molecular weight is 277 g/mol. The van der Waals surface area contributed by atoms with Gasteiger partial charge < -0.3 is 16.0 Å². The molecule has 0 unspecified atom stereocenters. The average Bonchev–Trinajstić information content (AvgIpc) is 2.42. The van der Waals surface area contributed by atoms with Gasteiger partial charge in [0, 0.05) is 17.8 Å². The SMILES string of the molecule is CCC(=O)Nc1cccc(NC(=O)C(C)(C)NC)c1C. The predicted molar refractivity (Wildman–Crippen MR) is 81.9 cm³/mol. The van der Waals surface area contributed by atoms with Crippen molar-refractivity contribution in [1.82, 2.24) is 5.32 Å². The molecule has 0 spiro atoms. The molecule has 2 amide bonds. The van der Waals surface area contributed by atoms with Crippen LogP contribution in [-0.4, -0.2) is 24.4 Å². The van der Waals surface area contributed by atoms with E-state index in [0.29, 0.717) is 12.1 Å². The van der Waals surface area contributed by atoms with Gasteiger partial charge in [0.2, 0.25) is 11.8 Å². The van der Waals surface area contributed by atoms with E-state index in [0.717, 1.165) is 11.3 Å². The van der Waals surface area contributed by atoms with Gasteiger partial charge in [0.15, 0.2) is 0 Å². The molecule has 1 aromatic carbocycles. The monoisotopic (exact) mass is 277 g/mol. The third kappa shape index (κ3) is 3.81. The molecule has 0 aliphatic rings. The van der Waals surface area contributed by atoms with Crippen LogP contribution in [0.4, 0.5) is 11.4 Å². The quantitative estimate of drug-likeness (QED) is 0.773. The fourth-order valence-corrected chi connectivity index (χ4v) is 1.54. The molecule has 5 heteroatoms. The zero-order valence-corrected chi connectivity index (χ0v) is 12.8. The van der Waals surface area contributed by atoms with Crippen molar-refractivity contribution in [2.75, 3.05) is 17.7 Å². The summed E-state index contributed by atoms with van der Waals surface area (Å²) in [4.78, 5) is 23.6. The number of hydrogen-bond acceptors (Lipinski definition) is 3. The van der Waals surface area contributed by atoms with Crippen molar-refractivity contribution in [3.63, 3.8) is 0 Å². The first-order valence-electron chi connectivity index (χ1n) is 6.71. The van der Waals surface area contributed by atoms with Gasteiger partial charge in [0.05, 0.1) is 5.54 Å². The maximum Gasteiger partial charge on any atom is 0.244 e. The third-order valence-electron chi connectivity index (χ3n) is 3.37. The van der Waals surface area contributed by atoms with E-state index in [2.05, 4.69) is 16.0 Å². The van der Waals surface area contributed by atoms with E-state index >= 15 is 0 Å². The van der Waals surface area contributed by atoms with Gasteiger partial charge in [0.1, 0.15) is 0 Å². The van der Waals surface area contributed by atoms with E-state index in [-0.39, 0.29) is 11.8 Å². The van der Waals surface area contributed by atoms with E-state index in [4.69, 9.17) is 0 Å². The number of amides is 2. The number of nitrogens with one attached hydrogen (secondary N) is 3. The first-order valence-corrected chi connectivity index (χ1v) is 6.71. The Hall–Kier alpha value is -1.88. The molecule has 0 heterocycles. The number of likely N-dealkylation sites (N-methyl/N-ethyl adjacent to an activating group) is 1. The molecule has 0 atom stereocenters. The van der Waals surface area contributed by atoms with E-state index in [1.807, 2.05) is 19.1 Å². The molecule has 0 fully saturated rings. The highest BCUT2D eigenvalue weighted by atomic mass is 16.2. The van der Waals surface area contributed by atoms with Crippen molar-refractivity contribution >= 4 is 23.2 Å². The van der Waals surface area contributed by atoms with Crippen molar-refractivity contribution in [2.24, 2.45) is 0 Å². The van der Waals surface area contributed by atoms with Gasteiger partial charge in [-0.15, -0.1) is 0 Å². The Labute approximate surface area is 120 Å². The maximum absolute atomic E-state index is 12.1. The van der Waals surface area contributed by atoms with Crippen molar-refractivity contribution in [3.05, 3.63) is 23.8 Å². The summed E-state index contributed by atoms with van der Waals surface area (Å²) in [5.74, 6) is -0.172. The van der Waals surface area contributed by atoms with E-state index in [1.165, 1.54) is 0 Å². The Morgan fingerprint density at radius 1 is 1.15 bits per heavy atom. The molecule has 5 nitrogen and oxygen atoms in total. The molecule has 1 rings (SSSR count). The number of benzene rings is 1. The smallest absolute Gasteiger partial charge is 0.244 e. The highest BCUT2D eigenvalue weighted by Gasteiger charge is 2.25. The second kappa shape index (κ2) is 6.52. The summed E-state index contributed by atoms with van der Waals surface area (Å²) in [7, 11) is 1.74. The van der Waals surface area contributed by atoms with Gasteiger partial charge in [-0.1, -0.05) is 13.0 Å². The Morgan fingerprint density at radius 2 is 1.70 bits per heavy atom. The van der Waals surface area contributed by atoms with Crippen LogP contribution in [0, 0.1) is 6.92 Å². The van der Waals surface area contributed by atoms with Crippen molar-refractivity contribution < 1.29 is 9.59 Å². The first-order chi connectivity index (χ1) is 9.31. The standard InChI is InChI=1S/C15H23N3O2/c1-6-13(19)17-11-8-7-9-12(10(11)2)18-14(20)15(3,4)16-5/h7-9,16H,6H2,1-5H3,(H,17,19)(H,18,20). The molecule has 0 aliphatic heterocycles. The highest BCUT2D eigenvalue weighted by molar-refractivity contribution is 5.99. The molecule has 0 aromatic heterocycles. The summed E-state index contributed by atoms with van der Waals surface area (Å²) < 4.78 is 0. The Bertz CT molecular complexity index is 510. The Kier molecular flexibility index (Phi) is 5.27. The van der Waals surface area contributed by atoms with Gasteiger partial charge in [-0.25, -0.2) is 0 Å². The maximum atomic E-state index is 12.1. The second-order valence-corrected chi connectivity index (χ2v) is 5.21. The highest BCUT2D eigenvalue weighted by Crippen LogP contribution is 2.24. The summed E-state index contributed by atoms with van der Waals surface area (Å²) >= 11 is 0. The number of carbonyl (C=O) groups excluding carboxylic acids is 2. The van der Waals surface area contributed by atoms with E-state index in [1.54, 1.807) is 33.9 Å². The lowest BCUT2D eigenvalue weighted by Crippen LogP contribution is -2.48. The van der Waals surface area contributed by atoms with Crippen LogP contribution in [0.2, 0.25) is 0 Å². The summed E-state index contributed by atoms with van der Waals surface area (Å²) in [6.45, 7) is 7.28. The number of rotatable bonds is 5. The molecule has 0 aliphatic carbocycles. The van der Waals surface area contributed by atoms with Crippen molar-refractivity contribution in [2.45, 2.75) is 39.7 Å². The molecule has 110 valence electrons. The van der Waals surface area contributed by atoms with Gasteiger partial charge in [-0.2, -0.15) is 0 Å². The van der Waals surface area contributed by atoms with Crippen LogP contribution in [0.15, 0.2) is 18.2 Å². The third-order valence-corrected chi connectivity index (χ3v) is 3.37. The van der Waals surface area contributed by atoms with Gasteiger partial charge in [-0.05, 0) is 45.5 Å². The zero-order chi connectivity index (χ0) is 15.3. The summed E-state index contributed by atoms with van der Waals surface area (Å²) in [6, 6.07) is 5.45. The van der Waals surface area contributed by atoms with Crippen LogP contribution in [-0.2, 0) is 9.59 Å². The zero-order valence-electron chi connectivity index (χ0n) is 12.8. The van der Waals surface area contributed by atoms with Gasteiger partial charge >= 0.3 is 0 Å². The minimum atomic E-state index is -0.658. The Morgan fingerprint density at radius 3 is 2.20 bits per heavy atom. The Balaban J connectivity index is 2.95. The number of anilines is 2. The van der Waals surface area contributed by atoms with Crippen molar-refractivity contribution in [1.29, 1.82) is 0 Å². The molecule has 0 saturated heterocycles. The van der Waals surface area contributed by atoms with Crippen LogP contribution in [0.3, 0.4) is 0 Å². The minimum absolute atomic E-state index is 0.0490. The van der Waals surface area contributed by atoms with Crippen molar-refractivity contribution in [3.8, 4) is 0 Å². The van der Waals surface area contributed by atoms with Crippen LogP contribution in [0.5, 0.6) is 0 Å². The van der Waals surface area contributed by atoms with Gasteiger partial charge in [0.25, 0.3) is 0 Å². The van der Waals surface area contributed by atoms with Crippen LogP contribution >= 0.6 is 0 Å². The van der Waals surface area contributed by atoms with E-state index in [9.17, 15) is 9.59 Å². The normalized spacial score (nSPS) is 11.1. The molecule has 0 radical (unpaired) electrons. The largest absolute Gasteiger partial charge is 0.326 e. The lowest BCUT2D eigenvalue weighted by molar-refractivity contribution is -0.121. The summed E-state index contributed by atoms with van der Waals surface area (Å²) in [5, 5.41) is 8.66. The fourth-order valence-electron chi connectivity index (χ4n) is 1.54. The lowest BCUT2D eigenvalue weighted by Gasteiger charge is -2.23. The van der Waals surface area contributed by atoms with Crippen LogP contribution < -0.4 is 16.0 Å². The number of carbonyl (C=O) groups is 2.